The summed E-state index contributed by atoms with van der Waals surface area (Å²) in [6.45, 7) is 9.01. The smallest absolute Gasteiger partial charge is 0.138 e. The highest BCUT2D eigenvalue weighted by Crippen LogP contribution is 2.29. The number of fused-ring (bicyclic) bond motifs is 3. The molecule has 0 fully saturated rings. The van der Waals surface area contributed by atoms with Crippen LogP contribution in [0.5, 0.6) is 0 Å². The molecular formula is C18H22N2. The second kappa shape index (κ2) is 4.93. The van der Waals surface area contributed by atoms with Gasteiger partial charge in [-0.05, 0) is 36.0 Å². The molecule has 2 heterocycles. The summed E-state index contributed by atoms with van der Waals surface area (Å²) >= 11 is 0. The molecule has 0 atom stereocenters. The fourth-order valence-electron chi connectivity index (χ4n) is 2.87. The first kappa shape index (κ1) is 13.2. The molecule has 2 nitrogen and oxygen atoms in total. The van der Waals surface area contributed by atoms with Gasteiger partial charge in [-0.25, -0.2) is 4.98 Å². The maximum Gasteiger partial charge on any atom is 0.138 e. The molecule has 2 heteroatoms. The van der Waals surface area contributed by atoms with Crippen molar-refractivity contribution >= 4 is 21.9 Å². The summed E-state index contributed by atoms with van der Waals surface area (Å²) in [5, 5.41) is 2.52. The highest BCUT2D eigenvalue weighted by molar-refractivity contribution is 6.06. The zero-order chi connectivity index (χ0) is 14.3. The molecule has 2 aromatic heterocycles. The first-order valence-electron chi connectivity index (χ1n) is 7.46. The monoisotopic (exact) mass is 266 g/mol. The Morgan fingerprint density at radius 2 is 1.80 bits per heavy atom. The van der Waals surface area contributed by atoms with Gasteiger partial charge in [0, 0.05) is 22.0 Å². The minimum Gasteiger partial charge on any atom is -0.339 e. The molecule has 0 spiro atoms. The molecule has 0 radical (unpaired) electrons. The normalized spacial score (nSPS) is 12.1. The standard InChI is InChI=1S/C18H22N2/c1-11(2)9-17-14(12(3)4)10-15-13-7-5-6-8-16(13)19-18(15)20-17/h5-8,10-12H,9H2,1-4H3,(H,19,20). The lowest BCUT2D eigenvalue weighted by molar-refractivity contribution is 0.626. The van der Waals surface area contributed by atoms with Gasteiger partial charge < -0.3 is 4.98 Å². The van der Waals surface area contributed by atoms with E-state index in [0.29, 0.717) is 11.8 Å². The Hall–Kier alpha value is -1.83. The molecule has 20 heavy (non-hydrogen) atoms. The quantitative estimate of drug-likeness (QED) is 0.707. The van der Waals surface area contributed by atoms with E-state index in [2.05, 4.69) is 63.0 Å². The van der Waals surface area contributed by atoms with E-state index in [9.17, 15) is 0 Å². The number of aromatic nitrogens is 2. The number of aromatic amines is 1. The number of hydrogen-bond acceptors (Lipinski definition) is 1. The molecule has 104 valence electrons. The molecule has 1 N–H and O–H groups in total. The number of benzene rings is 1. The molecule has 0 saturated heterocycles. The van der Waals surface area contributed by atoms with E-state index in [4.69, 9.17) is 4.98 Å². The lowest BCUT2D eigenvalue weighted by atomic mass is 9.95. The van der Waals surface area contributed by atoms with Crippen molar-refractivity contribution in [1.29, 1.82) is 0 Å². The number of pyridine rings is 1. The third-order valence-electron chi connectivity index (χ3n) is 3.83. The molecule has 0 aliphatic rings. The van der Waals surface area contributed by atoms with Crippen molar-refractivity contribution in [2.24, 2.45) is 5.92 Å². The maximum absolute atomic E-state index is 4.92. The summed E-state index contributed by atoms with van der Waals surface area (Å²) in [4.78, 5) is 8.36. The SMILES string of the molecule is CC(C)Cc1nc2[nH]c3ccccc3c2cc1C(C)C. The highest BCUT2D eigenvalue weighted by atomic mass is 14.9. The van der Waals surface area contributed by atoms with Crippen LogP contribution < -0.4 is 0 Å². The average molecular weight is 266 g/mol. The van der Waals surface area contributed by atoms with Crippen molar-refractivity contribution in [3.8, 4) is 0 Å². The van der Waals surface area contributed by atoms with E-state index < -0.39 is 0 Å². The van der Waals surface area contributed by atoms with Crippen molar-refractivity contribution in [3.05, 3.63) is 41.6 Å². The summed E-state index contributed by atoms with van der Waals surface area (Å²) in [6.07, 6.45) is 1.04. The van der Waals surface area contributed by atoms with E-state index in [1.807, 2.05) is 0 Å². The second-order valence-corrected chi connectivity index (χ2v) is 6.34. The van der Waals surface area contributed by atoms with E-state index in [1.54, 1.807) is 0 Å². The molecule has 3 rings (SSSR count). The van der Waals surface area contributed by atoms with Crippen LogP contribution in [-0.4, -0.2) is 9.97 Å². The van der Waals surface area contributed by atoms with Gasteiger partial charge in [0.25, 0.3) is 0 Å². The molecule has 0 bridgehead atoms. The van der Waals surface area contributed by atoms with Crippen LogP contribution in [0.2, 0.25) is 0 Å². The van der Waals surface area contributed by atoms with Crippen LogP contribution in [0.4, 0.5) is 0 Å². The van der Waals surface area contributed by atoms with Gasteiger partial charge in [0.15, 0.2) is 0 Å². The summed E-state index contributed by atoms with van der Waals surface area (Å²) in [6, 6.07) is 10.8. The predicted molar refractivity (Wildman–Crippen MR) is 86.2 cm³/mol. The minimum absolute atomic E-state index is 0.509. The number of nitrogens with one attached hydrogen (secondary N) is 1. The van der Waals surface area contributed by atoms with Crippen molar-refractivity contribution in [2.45, 2.75) is 40.0 Å². The first-order chi connectivity index (χ1) is 9.56. The summed E-state index contributed by atoms with van der Waals surface area (Å²) < 4.78 is 0. The molecule has 0 amide bonds. The van der Waals surface area contributed by atoms with Gasteiger partial charge in [-0.1, -0.05) is 45.9 Å². The van der Waals surface area contributed by atoms with E-state index in [1.165, 1.54) is 27.5 Å². The van der Waals surface area contributed by atoms with E-state index in [0.717, 1.165) is 12.1 Å². The number of rotatable bonds is 3. The Morgan fingerprint density at radius 1 is 1.05 bits per heavy atom. The van der Waals surface area contributed by atoms with Gasteiger partial charge in [0.05, 0.1) is 0 Å². The Labute approximate surface area is 120 Å². The third kappa shape index (κ3) is 2.20. The Kier molecular flexibility index (Phi) is 3.25. The average Bonchev–Trinajstić information content (AvgIpc) is 2.74. The first-order valence-corrected chi connectivity index (χ1v) is 7.46. The third-order valence-corrected chi connectivity index (χ3v) is 3.83. The largest absolute Gasteiger partial charge is 0.339 e. The van der Waals surface area contributed by atoms with E-state index in [-0.39, 0.29) is 0 Å². The van der Waals surface area contributed by atoms with Crippen LogP contribution in [0, 0.1) is 5.92 Å². The Morgan fingerprint density at radius 3 is 2.50 bits per heavy atom. The summed E-state index contributed by atoms with van der Waals surface area (Å²) in [5.74, 6) is 1.14. The zero-order valence-electron chi connectivity index (χ0n) is 12.7. The van der Waals surface area contributed by atoms with Gasteiger partial charge in [-0.15, -0.1) is 0 Å². The molecule has 1 aromatic carbocycles. The van der Waals surface area contributed by atoms with Crippen molar-refractivity contribution < 1.29 is 0 Å². The summed E-state index contributed by atoms with van der Waals surface area (Å²) in [7, 11) is 0. The molecule has 0 aliphatic carbocycles. The lowest BCUT2D eigenvalue weighted by Crippen LogP contribution is -2.04. The lowest BCUT2D eigenvalue weighted by Gasteiger charge is -2.14. The number of hydrogen-bond donors (Lipinski definition) is 1. The van der Waals surface area contributed by atoms with Crippen LogP contribution in [0.1, 0.15) is 44.9 Å². The van der Waals surface area contributed by atoms with Gasteiger partial charge in [-0.3, -0.25) is 0 Å². The maximum atomic E-state index is 4.92. The predicted octanol–water partition coefficient (Wildman–Crippen LogP) is 5.04. The fraction of sp³-hybridized carbons (Fsp3) is 0.389. The van der Waals surface area contributed by atoms with Crippen LogP contribution in [0.3, 0.4) is 0 Å². The second-order valence-electron chi connectivity index (χ2n) is 6.34. The number of H-pyrrole nitrogens is 1. The van der Waals surface area contributed by atoms with Crippen LogP contribution >= 0.6 is 0 Å². The number of para-hydroxylation sites is 1. The zero-order valence-corrected chi connectivity index (χ0v) is 12.7. The topological polar surface area (TPSA) is 28.7 Å². The van der Waals surface area contributed by atoms with Crippen LogP contribution in [-0.2, 0) is 6.42 Å². The molecule has 0 aliphatic heterocycles. The highest BCUT2D eigenvalue weighted by Gasteiger charge is 2.14. The minimum atomic E-state index is 0.509. The van der Waals surface area contributed by atoms with Gasteiger partial charge in [0.2, 0.25) is 0 Å². The van der Waals surface area contributed by atoms with Crippen LogP contribution in [0.15, 0.2) is 30.3 Å². The van der Waals surface area contributed by atoms with Gasteiger partial charge >= 0.3 is 0 Å². The van der Waals surface area contributed by atoms with Crippen molar-refractivity contribution in [2.75, 3.05) is 0 Å². The van der Waals surface area contributed by atoms with Gasteiger partial charge in [0.1, 0.15) is 5.65 Å². The van der Waals surface area contributed by atoms with Gasteiger partial charge in [-0.2, -0.15) is 0 Å². The number of nitrogens with zero attached hydrogens (tertiary/aromatic N) is 1. The molecule has 3 aromatic rings. The molecule has 0 saturated carbocycles. The molecule has 0 unspecified atom stereocenters. The Balaban J connectivity index is 2.29. The van der Waals surface area contributed by atoms with Crippen LogP contribution in [0.25, 0.3) is 21.9 Å². The fourth-order valence-corrected chi connectivity index (χ4v) is 2.87. The van der Waals surface area contributed by atoms with Crippen molar-refractivity contribution in [1.82, 2.24) is 9.97 Å². The Bertz CT molecular complexity index is 751. The van der Waals surface area contributed by atoms with E-state index >= 15 is 0 Å². The molecular weight excluding hydrogens is 244 g/mol. The van der Waals surface area contributed by atoms with Crippen molar-refractivity contribution in [3.63, 3.8) is 0 Å². The summed E-state index contributed by atoms with van der Waals surface area (Å²) in [5.41, 5.74) is 4.82.